The number of amides is 1. The highest BCUT2D eigenvalue weighted by molar-refractivity contribution is 6.30. The monoisotopic (exact) mass is 263 g/mol. The van der Waals surface area contributed by atoms with Gasteiger partial charge in [0.05, 0.1) is 5.92 Å². The molecule has 1 saturated carbocycles. The Kier molecular flexibility index (Phi) is 3.29. The molecule has 1 atom stereocenters. The summed E-state index contributed by atoms with van der Waals surface area (Å²) in [6.07, 6.45) is 4.69. The predicted octanol–water partition coefficient (Wildman–Crippen LogP) is 3.46. The van der Waals surface area contributed by atoms with Crippen molar-refractivity contribution < 1.29 is 4.79 Å². The number of carbonyl (C=O) groups excluding carboxylic acids is 1. The van der Waals surface area contributed by atoms with Crippen LogP contribution in [-0.2, 0) is 4.79 Å². The molecule has 1 aromatic rings. The van der Waals surface area contributed by atoms with Crippen LogP contribution in [0, 0.1) is 5.92 Å². The zero-order valence-electron chi connectivity index (χ0n) is 10.4. The van der Waals surface area contributed by atoms with Crippen molar-refractivity contribution in [1.29, 1.82) is 0 Å². The summed E-state index contributed by atoms with van der Waals surface area (Å²) in [5, 5.41) is 0.733. The van der Waals surface area contributed by atoms with E-state index < -0.39 is 0 Å². The van der Waals surface area contributed by atoms with Crippen molar-refractivity contribution in [2.45, 2.75) is 31.6 Å². The summed E-state index contributed by atoms with van der Waals surface area (Å²) in [7, 11) is 0. The molecule has 1 unspecified atom stereocenters. The van der Waals surface area contributed by atoms with Crippen LogP contribution in [0.4, 0.5) is 0 Å². The summed E-state index contributed by atoms with van der Waals surface area (Å²) in [6.45, 7) is 1.92. The lowest BCUT2D eigenvalue weighted by molar-refractivity contribution is -0.135. The molecule has 0 radical (unpaired) electrons. The second kappa shape index (κ2) is 4.93. The third kappa shape index (κ3) is 2.54. The van der Waals surface area contributed by atoms with Gasteiger partial charge in [0.2, 0.25) is 5.91 Å². The van der Waals surface area contributed by atoms with Gasteiger partial charge in [-0.25, -0.2) is 0 Å². The van der Waals surface area contributed by atoms with Crippen LogP contribution in [0.25, 0.3) is 0 Å². The molecule has 1 saturated heterocycles. The summed E-state index contributed by atoms with van der Waals surface area (Å²) < 4.78 is 0. The van der Waals surface area contributed by atoms with E-state index in [1.54, 1.807) is 0 Å². The Morgan fingerprint density at radius 3 is 2.56 bits per heavy atom. The average molecular weight is 264 g/mol. The minimum Gasteiger partial charge on any atom is -0.342 e. The molecule has 1 heterocycles. The molecule has 0 N–H and O–H groups in total. The van der Waals surface area contributed by atoms with Gasteiger partial charge < -0.3 is 4.90 Å². The molecule has 0 aromatic heterocycles. The Balaban J connectivity index is 1.74. The highest BCUT2D eigenvalue weighted by Crippen LogP contribution is 2.34. The maximum absolute atomic E-state index is 12.5. The van der Waals surface area contributed by atoms with Crippen molar-refractivity contribution in [3.63, 3.8) is 0 Å². The van der Waals surface area contributed by atoms with Crippen molar-refractivity contribution >= 4 is 17.5 Å². The van der Waals surface area contributed by atoms with Crippen LogP contribution in [0.2, 0.25) is 5.02 Å². The van der Waals surface area contributed by atoms with E-state index >= 15 is 0 Å². The average Bonchev–Trinajstić information content (AvgIpc) is 3.17. The van der Waals surface area contributed by atoms with E-state index in [1.165, 1.54) is 12.8 Å². The summed E-state index contributed by atoms with van der Waals surface area (Å²) in [6, 6.07) is 7.74. The molecule has 2 nitrogen and oxygen atoms in total. The molecule has 3 heteroatoms. The molecule has 1 aromatic carbocycles. The second-order valence-corrected chi connectivity index (χ2v) is 5.91. The molecular weight excluding hydrogens is 246 g/mol. The van der Waals surface area contributed by atoms with Crippen molar-refractivity contribution in [1.82, 2.24) is 4.90 Å². The number of nitrogens with zero attached hydrogens (tertiary/aromatic N) is 1. The first-order valence-corrected chi connectivity index (χ1v) is 7.16. The van der Waals surface area contributed by atoms with Gasteiger partial charge in [-0.2, -0.15) is 0 Å². The molecule has 1 aliphatic heterocycles. The number of benzene rings is 1. The number of rotatable bonds is 3. The fourth-order valence-electron chi connectivity index (χ4n) is 2.74. The zero-order chi connectivity index (χ0) is 12.5. The SMILES string of the molecule is O=C1C(c2ccc(Cl)cc2)CCCN1CC1CC1. The van der Waals surface area contributed by atoms with Gasteiger partial charge in [0, 0.05) is 18.1 Å². The molecule has 2 fully saturated rings. The molecule has 1 aliphatic carbocycles. The first-order valence-electron chi connectivity index (χ1n) is 6.78. The molecule has 0 bridgehead atoms. The Bertz CT molecular complexity index is 438. The predicted molar refractivity (Wildman–Crippen MR) is 72.7 cm³/mol. The van der Waals surface area contributed by atoms with Gasteiger partial charge in [-0.1, -0.05) is 23.7 Å². The fraction of sp³-hybridized carbons (Fsp3) is 0.533. The third-order valence-corrected chi connectivity index (χ3v) is 4.23. The largest absolute Gasteiger partial charge is 0.342 e. The topological polar surface area (TPSA) is 20.3 Å². The summed E-state index contributed by atoms with van der Waals surface area (Å²) in [5.41, 5.74) is 1.12. The smallest absolute Gasteiger partial charge is 0.230 e. The third-order valence-electron chi connectivity index (χ3n) is 3.98. The van der Waals surface area contributed by atoms with E-state index in [2.05, 4.69) is 4.90 Å². The fourth-order valence-corrected chi connectivity index (χ4v) is 2.86. The van der Waals surface area contributed by atoms with Crippen LogP contribution >= 0.6 is 11.6 Å². The number of hydrogen-bond acceptors (Lipinski definition) is 1. The number of likely N-dealkylation sites (tertiary alicyclic amines) is 1. The molecule has 96 valence electrons. The molecule has 0 spiro atoms. The van der Waals surface area contributed by atoms with Crippen LogP contribution in [-0.4, -0.2) is 23.9 Å². The van der Waals surface area contributed by atoms with Gasteiger partial charge in [0.1, 0.15) is 0 Å². The quantitative estimate of drug-likeness (QED) is 0.818. The van der Waals surface area contributed by atoms with E-state index in [0.717, 1.165) is 42.4 Å². The van der Waals surface area contributed by atoms with Crippen molar-refractivity contribution in [2.75, 3.05) is 13.1 Å². The lowest BCUT2D eigenvalue weighted by Gasteiger charge is -2.32. The van der Waals surface area contributed by atoms with Crippen LogP contribution in [0.3, 0.4) is 0 Å². The summed E-state index contributed by atoms with van der Waals surface area (Å²) >= 11 is 5.90. The number of halogens is 1. The van der Waals surface area contributed by atoms with Crippen molar-refractivity contribution in [3.8, 4) is 0 Å². The lowest BCUT2D eigenvalue weighted by Crippen LogP contribution is -2.41. The van der Waals surface area contributed by atoms with E-state index in [4.69, 9.17) is 11.6 Å². The van der Waals surface area contributed by atoms with Crippen molar-refractivity contribution in [2.24, 2.45) is 5.92 Å². The summed E-state index contributed by atoms with van der Waals surface area (Å²) in [4.78, 5) is 14.5. The number of carbonyl (C=O) groups is 1. The Hall–Kier alpha value is -1.02. The van der Waals surface area contributed by atoms with Gasteiger partial charge in [0.25, 0.3) is 0 Å². The van der Waals surface area contributed by atoms with Crippen LogP contribution in [0.5, 0.6) is 0 Å². The molecule has 3 rings (SSSR count). The van der Waals surface area contributed by atoms with Gasteiger partial charge in [-0.05, 0) is 49.3 Å². The molecule has 18 heavy (non-hydrogen) atoms. The van der Waals surface area contributed by atoms with Gasteiger partial charge in [-0.3, -0.25) is 4.79 Å². The Labute approximate surface area is 113 Å². The van der Waals surface area contributed by atoms with Gasteiger partial charge >= 0.3 is 0 Å². The van der Waals surface area contributed by atoms with Crippen LogP contribution in [0.15, 0.2) is 24.3 Å². The Morgan fingerprint density at radius 2 is 1.89 bits per heavy atom. The minimum absolute atomic E-state index is 0.0507. The second-order valence-electron chi connectivity index (χ2n) is 5.47. The highest BCUT2D eigenvalue weighted by Gasteiger charge is 2.33. The van der Waals surface area contributed by atoms with Crippen LogP contribution < -0.4 is 0 Å². The van der Waals surface area contributed by atoms with Crippen LogP contribution in [0.1, 0.15) is 37.2 Å². The number of hydrogen-bond donors (Lipinski definition) is 0. The zero-order valence-corrected chi connectivity index (χ0v) is 11.2. The summed E-state index contributed by atoms with van der Waals surface area (Å²) in [5.74, 6) is 1.14. The van der Waals surface area contributed by atoms with Gasteiger partial charge in [-0.15, -0.1) is 0 Å². The minimum atomic E-state index is 0.0507. The Morgan fingerprint density at radius 1 is 1.17 bits per heavy atom. The van der Waals surface area contributed by atoms with E-state index in [9.17, 15) is 4.79 Å². The molecular formula is C15H18ClNO. The maximum atomic E-state index is 12.5. The lowest BCUT2D eigenvalue weighted by atomic mass is 9.89. The first kappa shape index (κ1) is 12.0. The highest BCUT2D eigenvalue weighted by atomic mass is 35.5. The molecule has 2 aliphatic rings. The normalized spacial score (nSPS) is 24.4. The van der Waals surface area contributed by atoms with E-state index in [0.29, 0.717) is 5.91 Å². The van der Waals surface area contributed by atoms with Crippen molar-refractivity contribution in [3.05, 3.63) is 34.9 Å². The first-order chi connectivity index (χ1) is 8.74. The van der Waals surface area contributed by atoms with E-state index in [-0.39, 0.29) is 5.92 Å². The standard InChI is InChI=1S/C15H18ClNO/c16-13-7-5-12(6-8-13)14-2-1-9-17(15(14)18)10-11-3-4-11/h5-8,11,14H,1-4,9-10H2. The maximum Gasteiger partial charge on any atom is 0.230 e. The van der Waals surface area contributed by atoms with Gasteiger partial charge in [0.15, 0.2) is 0 Å². The molecule has 1 amide bonds. The van der Waals surface area contributed by atoms with E-state index in [1.807, 2.05) is 24.3 Å². The number of piperidine rings is 1.